The van der Waals surface area contributed by atoms with E-state index < -0.39 is 0 Å². The number of fused-ring (bicyclic) bond motifs is 1. The molecule has 0 radical (unpaired) electrons. The molecule has 2 aromatic rings. The van der Waals surface area contributed by atoms with Crippen molar-refractivity contribution in [2.45, 2.75) is 6.54 Å². The molecule has 3 rings (SSSR count). The Kier molecular flexibility index (Phi) is 2.84. The van der Waals surface area contributed by atoms with Crippen LogP contribution in [0.4, 0.5) is 0 Å². The highest BCUT2D eigenvalue weighted by Gasteiger charge is 2.09. The van der Waals surface area contributed by atoms with Gasteiger partial charge in [0.15, 0.2) is 0 Å². The van der Waals surface area contributed by atoms with Crippen molar-refractivity contribution in [3.8, 4) is 0 Å². The number of nitrogens with zero attached hydrogens (tertiary/aromatic N) is 1. The third-order valence-corrected chi connectivity index (χ3v) is 3.27. The fourth-order valence-corrected chi connectivity index (χ4v) is 2.24. The molecule has 0 atom stereocenters. The summed E-state index contributed by atoms with van der Waals surface area (Å²) in [6, 6.07) is 14.7. The smallest absolute Gasteiger partial charge is 0.131 e. The predicted octanol–water partition coefficient (Wildman–Crippen LogP) is 4.12. The van der Waals surface area contributed by atoms with Crippen LogP contribution in [0.15, 0.2) is 78.9 Å². The highest BCUT2D eigenvalue weighted by Crippen LogP contribution is 2.20. The van der Waals surface area contributed by atoms with E-state index in [1.165, 1.54) is 16.3 Å². The van der Waals surface area contributed by atoms with Gasteiger partial charge in [-0.1, -0.05) is 43.0 Å². The zero-order chi connectivity index (χ0) is 13.2. The SMILES string of the molecule is C=C1C=CC(O)=CN1Cc1ccc2ccccc2c1. The molecular formula is C17H15NO. The maximum absolute atomic E-state index is 9.54. The van der Waals surface area contributed by atoms with Crippen LogP contribution >= 0.6 is 0 Å². The molecule has 0 aromatic heterocycles. The Morgan fingerprint density at radius 2 is 1.79 bits per heavy atom. The van der Waals surface area contributed by atoms with Crippen LogP contribution in [-0.4, -0.2) is 10.0 Å². The number of rotatable bonds is 2. The Hall–Kier alpha value is -2.48. The quantitative estimate of drug-likeness (QED) is 0.865. The number of benzene rings is 2. The van der Waals surface area contributed by atoms with Crippen LogP contribution in [0.2, 0.25) is 0 Å². The summed E-state index contributed by atoms with van der Waals surface area (Å²) in [6.07, 6.45) is 5.17. The Morgan fingerprint density at radius 3 is 2.63 bits per heavy atom. The first-order valence-corrected chi connectivity index (χ1v) is 6.24. The summed E-state index contributed by atoms with van der Waals surface area (Å²) in [7, 11) is 0. The minimum Gasteiger partial charge on any atom is -0.506 e. The van der Waals surface area contributed by atoms with E-state index in [4.69, 9.17) is 0 Å². The summed E-state index contributed by atoms with van der Waals surface area (Å²) in [6.45, 7) is 4.68. The van der Waals surface area contributed by atoms with Gasteiger partial charge in [-0.25, -0.2) is 0 Å². The zero-order valence-electron chi connectivity index (χ0n) is 10.6. The normalized spacial score (nSPS) is 14.8. The molecule has 2 heteroatoms. The fourth-order valence-electron chi connectivity index (χ4n) is 2.24. The van der Waals surface area contributed by atoms with Crippen molar-refractivity contribution in [2.24, 2.45) is 0 Å². The summed E-state index contributed by atoms with van der Waals surface area (Å²) in [5.41, 5.74) is 2.07. The van der Waals surface area contributed by atoms with Crippen molar-refractivity contribution in [1.82, 2.24) is 4.90 Å². The van der Waals surface area contributed by atoms with Crippen LogP contribution in [0, 0.1) is 0 Å². The molecule has 0 saturated carbocycles. The second-order valence-electron chi connectivity index (χ2n) is 4.69. The van der Waals surface area contributed by atoms with E-state index in [0.717, 1.165) is 5.70 Å². The Balaban J connectivity index is 1.89. The summed E-state index contributed by atoms with van der Waals surface area (Å²) in [4.78, 5) is 1.94. The molecule has 0 bridgehead atoms. The molecule has 0 fully saturated rings. The molecule has 2 nitrogen and oxygen atoms in total. The molecule has 1 aliphatic heterocycles. The van der Waals surface area contributed by atoms with Crippen molar-refractivity contribution < 1.29 is 5.11 Å². The molecule has 2 aromatic carbocycles. The molecule has 1 heterocycles. The van der Waals surface area contributed by atoms with Crippen molar-refractivity contribution in [3.05, 3.63) is 84.4 Å². The average molecular weight is 249 g/mol. The van der Waals surface area contributed by atoms with Gasteiger partial charge >= 0.3 is 0 Å². The maximum Gasteiger partial charge on any atom is 0.131 e. The van der Waals surface area contributed by atoms with E-state index in [1.54, 1.807) is 12.3 Å². The van der Waals surface area contributed by atoms with E-state index in [1.807, 2.05) is 23.1 Å². The minimum absolute atomic E-state index is 0.258. The number of aliphatic hydroxyl groups is 1. The van der Waals surface area contributed by atoms with Gasteiger partial charge in [-0.15, -0.1) is 0 Å². The molecule has 19 heavy (non-hydrogen) atoms. The molecule has 0 aliphatic carbocycles. The predicted molar refractivity (Wildman–Crippen MR) is 78.5 cm³/mol. The third kappa shape index (κ3) is 2.38. The average Bonchev–Trinajstić information content (AvgIpc) is 2.43. The van der Waals surface area contributed by atoms with E-state index in [9.17, 15) is 5.11 Å². The van der Waals surface area contributed by atoms with Gasteiger partial charge in [-0.3, -0.25) is 0 Å². The van der Waals surface area contributed by atoms with E-state index in [-0.39, 0.29) is 5.76 Å². The molecule has 0 saturated heterocycles. The van der Waals surface area contributed by atoms with Crippen molar-refractivity contribution >= 4 is 10.8 Å². The fraction of sp³-hybridized carbons (Fsp3) is 0.0588. The lowest BCUT2D eigenvalue weighted by Gasteiger charge is -2.23. The number of hydrogen-bond donors (Lipinski definition) is 1. The molecule has 0 spiro atoms. The summed E-state index contributed by atoms with van der Waals surface area (Å²) in [5, 5.41) is 12.0. The lowest BCUT2D eigenvalue weighted by Crippen LogP contribution is -2.17. The second-order valence-corrected chi connectivity index (χ2v) is 4.69. The monoisotopic (exact) mass is 249 g/mol. The Bertz CT molecular complexity index is 697. The Labute approximate surface area is 112 Å². The van der Waals surface area contributed by atoms with Gasteiger partial charge in [0.05, 0.1) is 0 Å². The zero-order valence-corrected chi connectivity index (χ0v) is 10.6. The van der Waals surface area contributed by atoms with Crippen LogP contribution in [0.25, 0.3) is 10.8 Å². The van der Waals surface area contributed by atoms with E-state index >= 15 is 0 Å². The molecule has 1 N–H and O–H groups in total. The summed E-state index contributed by atoms with van der Waals surface area (Å²) >= 11 is 0. The third-order valence-electron chi connectivity index (χ3n) is 3.27. The summed E-state index contributed by atoms with van der Waals surface area (Å²) < 4.78 is 0. The topological polar surface area (TPSA) is 23.5 Å². The van der Waals surface area contributed by atoms with E-state index in [0.29, 0.717) is 6.54 Å². The van der Waals surface area contributed by atoms with Crippen molar-refractivity contribution in [3.63, 3.8) is 0 Å². The maximum atomic E-state index is 9.54. The number of hydrogen-bond acceptors (Lipinski definition) is 2. The van der Waals surface area contributed by atoms with Gasteiger partial charge in [0.1, 0.15) is 5.76 Å². The summed E-state index contributed by atoms with van der Waals surface area (Å²) in [5.74, 6) is 0.258. The van der Waals surface area contributed by atoms with Crippen LogP contribution in [0.3, 0.4) is 0 Å². The highest BCUT2D eigenvalue weighted by atomic mass is 16.3. The van der Waals surface area contributed by atoms with Crippen LogP contribution in [0.1, 0.15) is 5.56 Å². The first-order valence-electron chi connectivity index (χ1n) is 6.24. The van der Waals surface area contributed by atoms with Crippen molar-refractivity contribution in [2.75, 3.05) is 0 Å². The molecule has 0 amide bonds. The highest BCUT2D eigenvalue weighted by molar-refractivity contribution is 5.82. The minimum atomic E-state index is 0.258. The Morgan fingerprint density at radius 1 is 1.00 bits per heavy atom. The number of allylic oxidation sites excluding steroid dienone is 2. The van der Waals surface area contributed by atoms with Gasteiger partial charge in [0, 0.05) is 18.4 Å². The first kappa shape index (κ1) is 11.6. The van der Waals surface area contributed by atoms with Crippen LogP contribution in [-0.2, 0) is 6.54 Å². The van der Waals surface area contributed by atoms with E-state index in [2.05, 4.69) is 36.9 Å². The lowest BCUT2D eigenvalue weighted by molar-refractivity contribution is 0.383. The second kappa shape index (κ2) is 4.65. The molecular weight excluding hydrogens is 234 g/mol. The van der Waals surface area contributed by atoms with Crippen LogP contribution in [0.5, 0.6) is 0 Å². The van der Waals surface area contributed by atoms with Gasteiger partial charge in [0.2, 0.25) is 0 Å². The number of aliphatic hydroxyl groups excluding tert-OH is 1. The lowest BCUT2D eigenvalue weighted by atomic mass is 10.1. The molecule has 94 valence electrons. The van der Waals surface area contributed by atoms with Gasteiger partial charge in [-0.2, -0.15) is 0 Å². The van der Waals surface area contributed by atoms with Gasteiger partial charge in [-0.05, 0) is 34.6 Å². The van der Waals surface area contributed by atoms with Gasteiger partial charge in [0.25, 0.3) is 0 Å². The molecule has 0 unspecified atom stereocenters. The van der Waals surface area contributed by atoms with Crippen LogP contribution < -0.4 is 0 Å². The van der Waals surface area contributed by atoms with Crippen molar-refractivity contribution in [1.29, 1.82) is 0 Å². The largest absolute Gasteiger partial charge is 0.506 e. The van der Waals surface area contributed by atoms with Gasteiger partial charge < -0.3 is 10.0 Å². The molecule has 1 aliphatic rings. The first-order chi connectivity index (χ1) is 9.22. The standard InChI is InChI=1S/C17H15NO/c1-13-6-9-17(19)12-18(13)11-14-7-8-15-4-2-3-5-16(15)10-14/h2-10,12,19H,1,11H2.